The molecule has 0 radical (unpaired) electrons. The number of esters is 1. The number of aromatic nitrogens is 1. The van der Waals surface area contributed by atoms with Crippen molar-refractivity contribution in [2.75, 3.05) is 45.2 Å². The SMILES string of the molecule is COC(=O)CC1CN(S(=O)(=O)c2ccc3cc(Cl)ccc3c2)CC(=O)N1N(C)C1CCN(c2ccncc2)CC1. The van der Waals surface area contributed by atoms with Crippen molar-refractivity contribution in [1.29, 1.82) is 0 Å². The van der Waals surface area contributed by atoms with Crippen LogP contribution >= 0.6 is 11.6 Å². The molecular formula is C28H32ClN5O5S. The lowest BCUT2D eigenvalue weighted by atomic mass is 10.0. The average Bonchev–Trinajstić information content (AvgIpc) is 2.96. The number of fused-ring (bicyclic) bond motifs is 1. The molecule has 0 bridgehead atoms. The number of piperazine rings is 1. The van der Waals surface area contributed by atoms with Crippen LogP contribution in [0.3, 0.4) is 0 Å². The number of piperidine rings is 1. The lowest BCUT2D eigenvalue weighted by molar-refractivity contribution is -0.168. The van der Waals surface area contributed by atoms with Gasteiger partial charge in [0.05, 0.1) is 31.0 Å². The molecule has 0 spiro atoms. The van der Waals surface area contributed by atoms with Crippen molar-refractivity contribution in [3.8, 4) is 0 Å². The number of amides is 1. The van der Waals surface area contributed by atoms with Crippen LogP contribution in [0.4, 0.5) is 5.69 Å². The Balaban J connectivity index is 1.35. The number of methoxy groups -OCH3 is 1. The molecule has 1 amide bonds. The molecule has 1 aromatic heterocycles. The molecule has 2 aromatic carbocycles. The summed E-state index contributed by atoms with van der Waals surface area (Å²) in [7, 11) is -0.889. The minimum atomic E-state index is -4.01. The summed E-state index contributed by atoms with van der Waals surface area (Å²) in [6.07, 6.45) is 5.02. The molecule has 1 unspecified atom stereocenters. The number of benzene rings is 2. The van der Waals surface area contributed by atoms with Gasteiger partial charge in [-0.2, -0.15) is 4.31 Å². The fourth-order valence-corrected chi connectivity index (χ4v) is 7.22. The quantitative estimate of drug-likeness (QED) is 0.390. The number of hydrazine groups is 1. The normalized spacial score (nSPS) is 19.4. The Morgan fingerprint density at radius 3 is 2.45 bits per heavy atom. The number of rotatable bonds is 7. The van der Waals surface area contributed by atoms with Crippen LogP contribution in [-0.2, 0) is 24.3 Å². The molecule has 5 rings (SSSR count). The Bertz CT molecular complexity index is 1500. The fraction of sp³-hybridized carbons (Fsp3) is 0.393. The first-order valence-corrected chi connectivity index (χ1v) is 14.9. The molecule has 0 aliphatic carbocycles. The number of hydrogen-bond donors (Lipinski definition) is 0. The third-order valence-electron chi connectivity index (χ3n) is 7.73. The van der Waals surface area contributed by atoms with Crippen LogP contribution in [-0.4, -0.2) is 92.0 Å². The number of ether oxygens (including phenoxy) is 1. The summed E-state index contributed by atoms with van der Waals surface area (Å²) in [5.41, 5.74) is 1.10. The van der Waals surface area contributed by atoms with Crippen molar-refractivity contribution in [1.82, 2.24) is 19.3 Å². The minimum absolute atomic E-state index is 0.0258. The molecule has 3 aromatic rings. The highest BCUT2D eigenvalue weighted by Crippen LogP contribution is 2.29. The summed E-state index contributed by atoms with van der Waals surface area (Å²) in [6, 6.07) is 13.3. The molecule has 2 aliphatic heterocycles. The van der Waals surface area contributed by atoms with Gasteiger partial charge in [0.15, 0.2) is 0 Å². The predicted octanol–water partition coefficient (Wildman–Crippen LogP) is 3.17. The van der Waals surface area contributed by atoms with E-state index in [1.54, 1.807) is 47.7 Å². The first-order chi connectivity index (χ1) is 19.2. The van der Waals surface area contributed by atoms with Crippen LogP contribution < -0.4 is 4.90 Å². The van der Waals surface area contributed by atoms with Gasteiger partial charge in [0.1, 0.15) is 0 Å². The molecular weight excluding hydrogens is 554 g/mol. The molecule has 40 heavy (non-hydrogen) atoms. The number of sulfonamides is 1. The fourth-order valence-electron chi connectivity index (χ4n) is 5.58. The van der Waals surface area contributed by atoms with E-state index >= 15 is 0 Å². The zero-order valence-electron chi connectivity index (χ0n) is 22.4. The predicted molar refractivity (Wildman–Crippen MR) is 152 cm³/mol. The second-order valence-corrected chi connectivity index (χ2v) is 12.5. The van der Waals surface area contributed by atoms with Gasteiger partial charge in [0, 0.05) is 55.8 Å². The number of nitrogens with zero attached hydrogens (tertiary/aromatic N) is 5. The molecule has 212 valence electrons. The summed E-state index contributed by atoms with van der Waals surface area (Å²) < 4.78 is 33.4. The van der Waals surface area contributed by atoms with Crippen molar-refractivity contribution in [2.45, 2.75) is 36.2 Å². The maximum Gasteiger partial charge on any atom is 0.307 e. The molecule has 0 N–H and O–H groups in total. The molecule has 0 saturated carbocycles. The van der Waals surface area contributed by atoms with E-state index in [1.807, 2.05) is 24.2 Å². The topological polar surface area (TPSA) is 103 Å². The molecule has 10 nitrogen and oxygen atoms in total. The van der Waals surface area contributed by atoms with E-state index in [0.717, 1.165) is 46.7 Å². The highest BCUT2D eigenvalue weighted by atomic mass is 35.5. The Kier molecular flexibility index (Phi) is 8.27. The number of carbonyl (C=O) groups excluding carboxylic acids is 2. The lowest BCUT2D eigenvalue weighted by Gasteiger charge is -2.48. The van der Waals surface area contributed by atoms with Crippen LogP contribution in [0.2, 0.25) is 5.02 Å². The van der Waals surface area contributed by atoms with Gasteiger partial charge in [0.2, 0.25) is 10.0 Å². The summed E-state index contributed by atoms with van der Waals surface area (Å²) in [5.74, 6) is -0.888. The number of anilines is 1. The maximum absolute atomic E-state index is 13.7. The monoisotopic (exact) mass is 585 g/mol. The highest BCUT2D eigenvalue weighted by Gasteiger charge is 2.43. The van der Waals surface area contributed by atoms with Crippen molar-refractivity contribution in [3.63, 3.8) is 0 Å². The third kappa shape index (κ3) is 5.78. The van der Waals surface area contributed by atoms with Crippen LogP contribution in [0.25, 0.3) is 10.8 Å². The van der Waals surface area contributed by atoms with E-state index in [0.29, 0.717) is 5.02 Å². The van der Waals surface area contributed by atoms with E-state index < -0.39 is 22.0 Å². The number of pyridine rings is 1. The Morgan fingerprint density at radius 2 is 1.75 bits per heavy atom. The number of hydrogen-bond acceptors (Lipinski definition) is 8. The summed E-state index contributed by atoms with van der Waals surface area (Å²) in [6.45, 7) is 1.26. The lowest BCUT2D eigenvalue weighted by Crippen LogP contribution is -2.65. The van der Waals surface area contributed by atoms with Gasteiger partial charge in [-0.3, -0.25) is 19.6 Å². The zero-order chi connectivity index (χ0) is 28.4. The van der Waals surface area contributed by atoms with Crippen LogP contribution in [0.15, 0.2) is 65.8 Å². The summed E-state index contributed by atoms with van der Waals surface area (Å²) >= 11 is 6.07. The Labute approximate surface area is 239 Å². The summed E-state index contributed by atoms with van der Waals surface area (Å²) in [5, 5.41) is 5.55. The van der Waals surface area contributed by atoms with Crippen molar-refractivity contribution in [2.24, 2.45) is 0 Å². The molecule has 2 fully saturated rings. The molecule has 2 saturated heterocycles. The van der Waals surface area contributed by atoms with E-state index in [9.17, 15) is 18.0 Å². The Hall–Kier alpha value is -3.25. The minimum Gasteiger partial charge on any atom is -0.469 e. The van der Waals surface area contributed by atoms with Gasteiger partial charge in [-0.1, -0.05) is 23.7 Å². The smallest absolute Gasteiger partial charge is 0.307 e. The van der Waals surface area contributed by atoms with Crippen LogP contribution in [0.1, 0.15) is 19.3 Å². The van der Waals surface area contributed by atoms with Gasteiger partial charge in [-0.15, -0.1) is 0 Å². The molecule has 12 heteroatoms. The van der Waals surface area contributed by atoms with E-state index in [-0.39, 0.29) is 36.4 Å². The first kappa shape index (κ1) is 28.3. The third-order valence-corrected chi connectivity index (χ3v) is 9.77. The molecule has 3 heterocycles. The molecule has 2 aliphatic rings. The zero-order valence-corrected chi connectivity index (χ0v) is 24.0. The first-order valence-electron chi connectivity index (χ1n) is 13.1. The second-order valence-electron chi connectivity index (χ2n) is 10.1. The van der Waals surface area contributed by atoms with Gasteiger partial charge in [0.25, 0.3) is 5.91 Å². The number of carbonyl (C=O) groups is 2. The van der Waals surface area contributed by atoms with Gasteiger partial charge < -0.3 is 9.64 Å². The van der Waals surface area contributed by atoms with Gasteiger partial charge in [-0.25, -0.2) is 13.4 Å². The molecule has 1 atom stereocenters. The standard InChI is InChI=1S/C28H32ClN5O5S/c1-31(23-9-13-32(14-10-23)24-7-11-30-12-8-24)34-25(17-28(36)39-2)18-33(19-27(34)35)40(37,38)26-6-4-20-15-22(29)5-3-21(20)16-26/h3-8,11-12,15-16,23,25H,9-10,13-14,17-19H2,1-2H3. The maximum atomic E-state index is 13.7. The van der Waals surface area contributed by atoms with Gasteiger partial charge >= 0.3 is 5.97 Å². The van der Waals surface area contributed by atoms with Gasteiger partial charge in [-0.05, 0) is 60.0 Å². The van der Waals surface area contributed by atoms with Crippen molar-refractivity contribution < 1.29 is 22.7 Å². The largest absolute Gasteiger partial charge is 0.469 e. The van der Waals surface area contributed by atoms with Crippen molar-refractivity contribution in [3.05, 3.63) is 65.9 Å². The average molecular weight is 586 g/mol. The van der Waals surface area contributed by atoms with E-state index in [4.69, 9.17) is 16.3 Å². The number of halogens is 1. The second kappa shape index (κ2) is 11.7. The highest BCUT2D eigenvalue weighted by molar-refractivity contribution is 7.89. The summed E-state index contributed by atoms with van der Waals surface area (Å²) in [4.78, 5) is 32.4. The Morgan fingerprint density at radius 1 is 1.07 bits per heavy atom. The van der Waals surface area contributed by atoms with E-state index in [2.05, 4.69) is 9.88 Å². The van der Waals surface area contributed by atoms with Crippen LogP contribution in [0, 0.1) is 0 Å². The van der Waals surface area contributed by atoms with E-state index in [1.165, 1.54) is 13.2 Å². The van der Waals surface area contributed by atoms with Crippen LogP contribution in [0.5, 0.6) is 0 Å². The van der Waals surface area contributed by atoms with Crippen molar-refractivity contribution >= 4 is 50.0 Å².